The topological polar surface area (TPSA) is 50.7 Å². The number of nitrogens with zero attached hydrogens (tertiary/aromatic N) is 1. The molecule has 0 spiro atoms. The molecule has 0 aliphatic rings. The molecule has 0 saturated carbocycles. The molecule has 1 amide bonds. The molecular weight excluding hydrogens is 323 g/mol. The van der Waals surface area contributed by atoms with Crippen molar-refractivity contribution in [1.29, 1.82) is 0 Å². The summed E-state index contributed by atoms with van der Waals surface area (Å²) in [6, 6.07) is 12.6. The highest BCUT2D eigenvalue weighted by molar-refractivity contribution is 6.36. The fourth-order valence-electron chi connectivity index (χ4n) is 1.89. The standard InChI is InChI=1S/C16H14Cl2N2O2/c1-22-16-12(8-13(17)9-14(16)18)10-19-20-15(21)7-11-5-3-2-4-6-11/h2-6,8-10H,7H2,1H3,(H,20,21)/b19-10+. The lowest BCUT2D eigenvalue weighted by Gasteiger charge is -2.07. The molecule has 1 N–H and O–H groups in total. The number of carbonyl (C=O) groups is 1. The van der Waals surface area contributed by atoms with Gasteiger partial charge in [0.1, 0.15) is 5.75 Å². The molecule has 0 unspecified atom stereocenters. The Morgan fingerprint density at radius 2 is 2.00 bits per heavy atom. The van der Waals surface area contributed by atoms with Gasteiger partial charge in [-0.1, -0.05) is 53.5 Å². The molecule has 6 heteroatoms. The van der Waals surface area contributed by atoms with Gasteiger partial charge in [0.25, 0.3) is 0 Å². The number of hydrogen-bond donors (Lipinski definition) is 1. The third-order valence-electron chi connectivity index (χ3n) is 2.84. The van der Waals surface area contributed by atoms with Gasteiger partial charge >= 0.3 is 0 Å². The molecule has 4 nitrogen and oxygen atoms in total. The molecular formula is C16H14Cl2N2O2. The molecule has 0 bridgehead atoms. The summed E-state index contributed by atoms with van der Waals surface area (Å²) in [4.78, 5) is 11.8. The number of benzene rings is 2. The van der Waals surface area contributed by atoms with Crippen LogP contribution in [0.1, 0.15) is 11.1 Å². The van der Waals surface area contributed by atoms with Crippen molar-refractivity contribution in [1.82, 2.24) is 5.43 Å². The van der Waals surface area contributed by atoms with E-state index < -0.39 is 0 Å². The van der Waals surface area contributed by atoms with Crippen molar-refractivity contribution in [2.24, 2.45) is 5.10 Å². The van der Waals surface area contributed by atoms with Crippen LogP contribution >= 0.6 is 23.2 Å². The predicted molar refractivity (Wildman–Crippen MR) is 88.9 cm³/mol. The van der Waals surface area contributed by atoms with Crippen molar-refractivity contribution < 1.29 is 9.53 Å². The third-order valence-corrected chi connectivity index (χ3v) is 3.34. The second-order valence-electron chi connectivity index (χ2n) is 4.47. The van der Waals surface area contributed by atoms with Gasteiger partial charge in [-0.2, -0.15) is 5.10 Å². The number of carbonyl (C=O) groups excluding carboxylic acids is 1. The van der Waals surface area contributed by atoms with Crippen LogP contribution in [-0.2, 0) is 11.2 Å². The number of methoxy groups -OCH3 is 1. The maximum atomic E-state index is 11.8. The summed E-state index contributed by atoms with van der Waals surface area (Å²) >= 11 is 12.0. The van der Waals surface area contributed by atoms with Gasteiger partial charge in [0.15, 0.2) is 0 Å². The van der Waals surface area contributed by atoms with E-state index in [0.29, 0.717) is 21.4 Å². The number of hydrogen-bond acceptors (Lipinski definition) is 3. The minimum absolute atomic E-state index is 0.213. The second kappa shape index (κ2) is 7.82. The Balaban J connectivity index is 2.02. The van der Waals surface area contributed by atoms with Gasteiger partial charge < -0.3 is 4.74 Å². The highest BCUT2D eigenvalue weighted by Crippen LogP contribution is 2.30. The Labute approximate surface area is 138 Å². The third kappa shape index (κ3) is 4.48. The number of halogens is 2. The summed E-state index contributed by atoms with van der Waals surface area (Å²) in [6.45, 7) is 0. The smallest absolute Gasteiger partial charge is 0.244 e. The average molecular weight is 337 g/mol. The molecule has 0 heterocycles. The minimum Gasteiger partial charge on any atom is -0.495 e. The minimum atomic E-state index is -0.213. The Kier molecular flexibility index (Phi) is 5.81. The Bertz CT molecular complexity index is 688. The second-order valence-corrected chi connectivity index (χ2v) is 5.31. The van der Waals surface area contributed by atoms with E-state index >= 15 is 0 Å². The maximum absolute atomic E-state index is 11.8. The van der Waals surface area contributed by atoms with E-state index in [1.807, 2.05) is 30.3 Å². The van der Waals surface area contributed by atoms with Crippen molar-refractivity contribution >= 4 is 35.3 Å². The van der Waals surface area contributed by atoms with Gasteiger partial charge in [-0.15, -0.1) is 0 Å². The largest absolute Gasteiger partial charge is 0.495 e. The highest BCUT2D eigenvalue weighted by Gasteiger charge is 2.08. The molecule has 2 aromatic rings. The fourth-order valence-corrected chi connectivity index (χ4v) is 2.47. The van der Waals surface area contributed by atoms with Gasteiger partial charge in [-0.05, 0) is 17.7 Å². The van der Waals surface area contributed by atoms with Crippen LogP contribution in [0.4, 0.5) is 0 Å². The fraction of sp³-hybridized carbons (Fsp3) is 0.125. The van der Waals surface area contributed by atoms with Gasteiger partial charge in [0, 0.05) is 10.6 Å². The Hall–Kier alpha value is -2.04. The van der Waals surface area contributed by atoms with E-state index in [-0.39, 0.29) is 12.3 Å². The maximum Gasteiger partial charge on any atom is 0.244 e. The van der Waals surface area contributed by atoms with Crippen LogP contribution in [0.25, 0.3) is 0 Å². The lowest BCUT2D eigenvalue weighted by molar-refractivity contribution is -0.120. The molecule has 0 saturated heterocycles. The molecule has 0 aromatic heterocycles. The Morgan fingerprint density at radius 1 is 1.27 bits per heavy atom. The molecule has 0 fully saturated rings. The average Bonchev–Trinajstić information content (AvgIpc) is 2.48. The zero-order valence-corrected chi connectivity index (χ0v) is 13.4. The zero-order valence-electron chi connectivity index (χ0n) is 11.8. The van der Waals surface area contributed by atoms with Gasteiger partial charge in [0.2, 0.25) is 5.91 Å². The molecule has 0 radical (unpaired) electrons. The molecule has 0 aliphatic carbocycles. The molecule has 0 aliphatic heterocycles. The van der Waals surface area contributed by atoms with Crippen molar-refractivity contribution in [3.8, 4) is 5.75 Å². The van der Waals surface area contributed by atoms with Crippen molar-refractivity contribution in [2.45, 2.75) is 6.42 Å². The van der Waals surface area contributed by atoms with Crippen LogP contribution in [0.3, 0.4) is 0 Å². The summed E-state index contributed by atoms with van der Waals surface area (Å²) in [7, 11) is 1.50. The quantitative estimate of drug-likeness (QED) is 0.668. The molecule has 2 aromatic carbocycles. The lowest BCUT2D eigenvalue weighted by atomic mass is 10.1. The van der Waals surface area contributed by atoms with E-state index in [9.17, 15) is 4.79 Å². The van der Waals surface area contributed by atoms with Crippen LogP contribution in [-0.4, -0.2) is 19.2 Å². The van der Waals surface area contributed by atoms with Crippen LogP contribution in [0.15, 0.2) is 47.6 Å². The number of ether oxygens (including phenoxy) is 1. The van der Waals surface area contributed by atoms with Crippen LogP contribution in [0, 0.1) is 0 Å². The van der Waals surface area contributed by atoms with Crippen molar-refractivity contribution in [3.63, 3.8) is 0 Å². The predicted octanol–water partition coefficient (Wildman–Crippen LogP) is 3.69. The van der Waals surface area contributed by atoms with Gasteiger partial charge in [-0.3, -0.25) is 4.79 Å². The first-order valence-corrected chi connectivity index (χ1v) is 7.24. The summed E-state index contributed by atoms with van der Waals surface area (Å²) < 4.78 is 5.19. The van der Waals surface area contributed by atoms with Gasteiger partial charge in [0.05, 0.1) is 24.8 Å². The van der Waals surface area contributed by atoms with E-state index in [0.717, 1.165) is 5.56 Å². The zero-order chi connectivity index (χ0) is 15.9. The molecule has 22 heavy (non-hydrogen) atoms. The monoisotopic (exact) mass is 336 g/mol. The lowest BCUT2D eigenvalue weighted by Crippen LogP contribution is -2.19. The summed E-state index contributed by atoms with van der Waals surface area (Å²) in [6.07, 6.45) is 1.70. The van der Waals surface area contributed by atoms with E-state index in [4.69, 9.17) is 27.9 Å². The van der Waals surface area contributed by atoms with Crippen molar-refractivity contribution in [3.05, 3.63) is 63.6 Å². The number of rotatable bonds is 5. The molecule has 0 atom stereocenters. The first-order chi connectivity index (χ1) is 10.6. The normalized spacial score (nSPS) is 10.7. The van der Waals surface area contributed by atoms with Crippen LogP contribution < -0.4 is 10.2 Å². The van der Waals surface area contributed by atoms with Crippen LogP contribution in [0.2, 0.25) is 10.0 Å². The van der Waals surface area contributed by atoms with Crippen molar-refractivity contribution in [2.75, 3.05) is 7.11 Å². The first-order valence-electron chi connectivity index (χ1n) is 6.49. The number of amides is 1. The Morgan fingerprint density at radius 3 is 2.68 bits per heavy atom. The summed E-state index contributed by atoms with van der Waals surface area (Å²) in [5.41, 5.74) is 3.96. The summed E-state index contributed by atoms with van der Waals surface area (Å²) in [5.74, 6) is 0.238. The molecule has 2 rings (SSSR count). The van der Waals surface area contributed by atoms with E-state index in [1.165, 1.54) is 13.3 Å². The first kappa shape index (κ1) is 16.3. The number of hydrazone groups is 1. The van der Waals surface area contributed by atoms with E-state index in [1.54, 1.807) is 12.1 Å². The SMILES string of the molecule is COc1c(Cl)cc(Cl)cc1/C=N/NC(=O)Cc1ccccc1. The molecule has 114 valence electrons. The highest BCUT2D eigenvalue weighted by atomic mass is 35.5. The summed E-state index contributed by atoms with van der Waals surface area (Å²) in [5, 5.41) is 4.75. The number of nitrogens with one attached hydrogen (secondary N) is 1. The van der Waals surface area contributed by atoms with Gasteiger partial charge in [-0.25, -0.2) is 5.43 Å². The van der Waals surface area contributed by atoms with Crippen LogP contribution in [0.5, 0.6) is 5.75 Å². The van der Waals surface area contributed by atoms with E-state index in [2.05, 4.69) is 10.5 Å².